The van der Waals surface area contributed by atoms with Crippen LogP contribution in [0.5, 0.6) is 0 Å². The topological polar surface area (TPSA) is 94.5 Å². The smallest absolute Gasteiger partial charge is 0.382 e. The summed E-state index contributed by atoms with van der Waals surface area (Å²) in [6.07, 6.45) is -4.30. The molecule has 1 heterocycles. The Bertz CT molecular complexity index is 380. The van der Waals surface area contributed by atoms with Gasteiger partial charge in [-0.05, 0) is 0 Å². The number of methoxy groups -OCH3 is 2. The van der Waals surface area contributed by atoms with Crippen molar-refractivity contribution in [3.8, 4) is 0 Å². The van der Waals surface area contributed by atoms with Crippen molar-refractivity contribution >= 4 is 15.4 Å². The van der Waals surface area contributed by atoms with Gasteiger partial charge in [-0.2, -0.15) is 8.78 Å². The monoisotopic (exact) mass is 330 g/mol. The zero-order chi connectivity index (χ0) is 16.3. The highest BCUT2D eigenvalue weighted by Crippen LogP contribution is 2.56. The number of hydrogen-bond acceptors (Lipinski definition) is 5. The van der Waals surface area contributed by atoms with Crippen molar-refractivity contribution in [3.63, 3.8) is 0 Å². The first-order valence-corrected chi connectivity index (χ1v) is 7.73. The molecule has 0 spiro atoms. The van der Waals surface area contributed by atoms with E-state index >= 15 is 0 Å². The molecule has 2 radical (unpaired) electrons. The van der Waals surface area contributed by atoms with Crippen LogP contribution >= 0.6 is 7.60 Å². The third kappa shape index (κ3) is 4.69. The van der Waals surface area contributed by atoms with Crippen molar-refractivity contribution in [2.24, 2.45) is 0 Å². The Labute approximate surface area is 122 Å². The van der Waals surface area contributed by atoms with Crippen LogP contribution < -0.4 is 0 Å². The summed E-state index contributed by atoms with van der Waals surface area (Å²) in [5, 5.41) is 0. The van der Waals surface area contributed by atoms with Crippen LogP contribution in [0.1, 0.15) is 6.42 Å². The quantitative estimate of drug-likeness (QED) is 0.370. The van der Waals surface area contributed by atoms with Gasteiger partial charge < -0.3 is 28.7 Å². The molecule has 0 aliphatic carbocycles. The molecule has 0 amide bonds. The van der Waals surface area contributed by atoms with Crippen molar-refractivity contribution in [1.82, 2.24) is 0 Å². The summed E-state index contributed by atoms with van der Waals surface area (Å²) in [6.45, 7) is 0.419. The maximum Gasteiger partial charge on any atom is 0.394 e. The molecule has 1 aliphatic rings. The van der Waals surface area contributed by atoms with E-state index < -0.39 is 44.0 Å². The largest absolute Gasteiger partial charge is 0.394 e. The Balaban J connectivity index is 2.74. The first kappa shape index (κ1) is 19.0. The molecule has 7 nitrogen and oxygen atoms in total. The fraction of sp³-hybridized carbons (Fsp3) is 1.00. The predicted octanol–water partition coefficient (Wildman–Crippen LogP) is 0.0870. The summed E-state index contributed by atoms with van der Waals surface area (Å²) in [5.41, 5.74) is -4.23. The van der Waals surface area contributed by atoms with Crippen molar-refractivity contribution < 1.29 is 42.1 Å². The van der Waals surface area contributed by atoms with Crippen LogP contribution in [-0.4, -0.2) is 75.0 Å². The maximum atomic E-state index is 13.5. The van der Waals surface area contributed by atoms with Gasteiger partial charge in [0.25, 0.3) is 0 Å². The minimum atomic E-state index is -5.59. The lowest BCUT2D eigenvalue weighted by molar-refractivity contribution is -0.0685. The molecular formula is C10H18BF2O7P. The van der Waals surface area contributed by atoms with Crippen LogP contribution in [0.2, 0.25) is 0 Å². The van der Waals surface area contributed by atoms with Gasteiger partial charge in [-0.15, -0.1) is 0 Å². The summed E-state index contributed by atoms with van der Waals surface area (Å²) in [5.74, 6) is 0. The SMILES string of the molecule is [B][C@@H]1O[C@H](CC(F)(F)P(=O)(O)O)[C@@H](OC)[C@H]1OCCOC. The van der Waals surface area contributed by atoms with Gasteiger partial charge in [0, 0.05) is 20.2 Å². The van der Waals surface area contributed by atoms with Crippen molar-refractivity contribution in [1.29, 1.82) is 0 Å². The highest BCUT2D eigenvalue weighted by Gasteiger charge is 2.55. The van der Waals surface area contributed by atoms with Crippen LogP contribution in [0.3, 0.4) is 0 Å². The van der Waals surface area contributed by atoms with E-state index in [-0.39, 0.29) is 13.2 Å². The number of rotatable bonds is 8. The summed E-state index contributed by atoms with van der Waals surface area (Å²) < 4.78 is 58.0. The molecule has 122 valence electrons. The Hall–Kier alpha value is -0.0851. The second-order valence-corrected chi connectivity index (χ2v) is 6.32. The molecule has 21 heavy (non-hydrogen) atoms. The summed E-state index contributed by atoms with van der Waals surface area (Å²) in [7, 11) is 2.76. The van der Waals surface area contributed by atoms with E-state index in [2.05, 4.69) is 0 Å². The third-order valence-corrected chi connectivity index (χ3v) is 4.12. The molecule has 4 atom stereocenters. The molecule has 11 heteroatoms. The van der Waals surface area contributed by atoms with Gasteiger partial charge in [0.15, 0.2) is 0 Å². The fourth-order valence-electron chi connectivity index (χ4n) is 2.02. The second kappa shape index (κ2) is 7.46. The lowest BCUT2D eigenvalue weighted by Crippen LogP contribution is -2.39. The highest BCUT2D eigenvalue weighted by atomic mass is 31.2. The van der Waals surface area contributed by atoms with Crippen LogP contribution in [-0.2, 0) is 23.5 Å². The molecule has 2 N–H and O–H groups in total. The second-order valence-electron chi connectivity index (χ2n) is 4.58. The van der Waals surface area contributed by atoms with Gasteiger partial charge in [-0.25, -0.2) is 0 Å². The standard InChI is InChI=1S/C10H18BF2O7P/c1-17-3-4-19-8-7(18-2)6(20-9(8)11)5-10(12,13)21(14,15)16/h6-9H,3-5H2,1-2H3,(H2,14,15,16)/t6-,7-,8-,9-/m1/s1. The van der Waals surface area contributed by atoms with Crippen LogP contribution in [0.4, 0.5) is 8.78 Å². The minimum Gasteiger partial charge on any atom is -0.382 e. The van der Waals surface area contributed by atoms with Crippen molar-refractivity contribution in [3.05, 3.63) is 0 Å². The van der Waals surface area contributed by atoms with E-state index in [1.54, 1.807) is 0 Å². The average molecular weight is 330 g/mol. The van der Waals surface area contributed by atoms with Gasteiger partial charge in [0.1, 0.15) is 20.1 Å². The van der Waals surface area contributed by atoms with Gasteiger partial charge in [0.05, 0.1) is 25.7 Å². The Morgan fingerprint density at radius 3 is 2.38 bits per heavy atom. The number of alkyl halides is 2. The van der Waals surface area contributed by atoms with E-state index in [0.29, 0.717) is 0 Å². The molecule has 0 aromatic carbocycles. The van der Waals surface area contributed by atoms with Crippen molar-refractivity contribution in [2.75, 3.05) is 27.4 Å². The van der Waals surface area contributed by atoms with Crippen LogP contribution in [0.15, 0.2) is 0 Å². The molecule has 0 unspecified atom stereocenters. The fourth-order valence-corrected chi connectivity index (χ4v) is 2.44. The van der Waals surface area contributed by atoms with E-state index in [9.17, 15) is 13.3 Å². The zero-order valence-electron chi connectivity index (χ0n) is 11.6. The highest BCUT2D eigenvalue weighted by molar-refractivity contribution is 7.53. The number of hydrogen-bond donors (Lipinski definition) is 2. The molecule has 0 bridgehead atoms. The first-order valence-electron chi connectivity index (χ1n) is 6.12. The molecule has 0 aromatic heterocycles. The zero-order valence-corrected chi connectivity index (χ0v) is 12.5. The summed E-state index contributed by atoms with van der Waals surface area (Å²) >= 11 is 0. The molecule has 1 fully saturated rings. The van der Waals surface area contributed by atoms with Gasteiger partial charge in [-0.3, -0.25) is 4.57 Å². The molecule has 1 rings (SSSR count). The summed E-state index contributed by atoms with van der Waals surface area (Å²) in [4.78, 5) is 17.3. The number of ether oxygens (including phenoxy) is 4. The van der Waals surface area contributed by atoms with Gasteiger partial charge >= 0.3 is 13.3 Å². The average Bonchev–Trinajstić information content (AvgIpc) is 2.63. The third-order valence-electron chi connectivity index (χ3n) is 3.09. The van der Waals surface area contributed by atoms with Crippen LogP contribution in [0, 0.1) is 0 Å². The Kier molecular flexibility index (Phi) is 6.73. The maximum absolute atomic E-state index is 13.5. The van der Waals surface area contributed by atoms with Crippen LogP contribution in [0.25, 0.3) is 0 Å². The molecular weight excluding hydrogens is 312 g/mol. The lowest BCUT2D eigenvalue weighted by Gasteiger charge is -2.25. The number of halogens is 2. The molecule has 0 saturated carbocycles. The minimum absolute atomic E-state index is 0.152. The molecule has 1 aliphatic heterocycles. The van der Waals surface area contributed by atoms with E-state index in [0.717, 1.165) is 0 Å². The van der Waals surface area contributed by atoms with Gasteiger partial charge in [-0.1, -0.05) is 0 Å². The van der Waals surface area contributed by atoms with E-state index in [1.165, 1.54) is 14.2 Å². The Morgan fingerprint density at radius 2 is 1.90 bits per heavy atom. The lowest BCUT2D eigenvalue weighted by atomic mass is 9.92. The molecule has 0 aromatic rings. The normalized spacial score (nSPS) is 30.8. The van der Waals surface area contributed by atoms with E-state index in [4.69, 9.17) is 36.6 Å². The Morgan fingerprint density at radius 1 is 1.29 bits per heavy atom. The molecule has 1 saturated heterocycles. The first-order chi connectivity index (χ1) is 9.64. The van der Waals surface area contributed by atoms with Crippen molar-refractivity contribution in [2.45, 2.75) is 36.4 Å². The van der Waals surface area contributed by atoms with Gasteiger partial charge in [0.2, 0.25) is 0 Å². The summed E-state index contributed by atoms with van der Waals surface area (Å²) in [6, 6.07) is -1.04. The predicted molar refractivity (Wildman–Crippen MR) is 68.4 cm³/mol. The van der Waals surface area contributed by atoms with E-state index in [1.807, 2.05) is 0 Å².